The predicted molar refractivity (Wildman–Crippen MR) is 83.9 cm³/mol. The molecule has 0 saturated heterocycles. The highest BCUT2D eigenvalue weighted by atomic mass is 16.7. The van der Waals surface area contributed by atoms with Gasteiger partial charge in [-0.25, -0.2) is 4.79 Å². The van der Waals surface area contributed by atoms with E-state index in [0.29, 0.717) is 16.2 Å². The number of rotatable bonds is 4. The van der Waals surface area contributed by atoms with Gasteiger partial charge in [-0.05, 0) is 32.9 Å². The summed E-state index contributed by atoms with van der Waals surface area (Å²) in [6.07, 6.45) is -0.585. The number of carbonyl (C=O) groups is 3. The summed E-state index contributed by atoms with van der Waals surface area (Å²) in [7, 11) is 0. The van der Waals surface area contributed by atoms with Crippen LogP contribution in [0.1, 0.15) is 48.9 Å². The highest BCUT2D eigenvalue weighted by molar-refractivity contribution is 6.20. The summed E-state index contributed by atoms with van der Waals surface area (Å²) in [6, 6.07) is 6.49. The van der Waals surface area contributed by atoms with Crippen molar-refractivity contribution in [3.63, 3.8) is 0 Å². The highest BCUT2D eigenvalue weighted by Crippen LogP contribution is 2.22. The average Bonchev–Trinajstić information content (AvgIpc) is 2.67. The standard InChI is InChI=1S/C15H18N2O5.CH4/c1-15(2,3)22-14(20)16-8-9-21-17-12(18)10-6-4-5-7-11(10)13(17)19;/h4-7H,8-9H2,1-3H3,(H,16,20);1H4. The van der Waals surface area contributed by atoms with Crippen LogP contribution in [0.2, 0.25) is 0 Å². The Labute approximate surface area is 135 Å². The Bertz CT molecular complexity index is 572. The van der Waals surface area contributed by atoms with Crippen molar-refractivity contribution in [2.75, 3.05) is 13.2 Å². The van der Waals surface area contributed by atoms with Crippen molar-refractivity contribution in [3.8, 4) is 0 Å². The van der Waals surface area contributed by atoms with Gasteiger partial charge >= 0.3 is 6.09 Å². The predicted octanol–water partition coefficient (Wildman–Crippen LogP) is 2.38. The molecule has 1 aliphatic heterocycles. The molecule has 0 aliphatic carbocycles. The molecule has 0 spiro atoms. The Kier molecular flexibility index (Phi) is 5.86. The average molecular weight is 322 g/mol. The lowest BCUT2D eigenvalue weighted by molar-refractivity contribution is -0.0896. The molecular weight excluding hydrogens is 300 g/mol. The molecule has 0 fully saturated rings. The van der Waals surface area contributed by atoms with Crippen LogP contribution in [0.25, 0.3) is 0 Å². The third-order valence-corrected chi connectivity index (χ3v) is 2.75. The summed E-state index contributed by atoms with van der Waals surface area (Å²) < 4.78 is 5.05. The van der Waals surface area contributed by atoms with Crippen LogP contribution >= 0.6 is 0 Å². The summed E-state index contributed by atoms with van der Waals surface area (Å²) in [5, 5.41) is 3.19. The van der Waals surface area contributed by atoms with Gasteiger partial charge < -0.3 is 10.1 Å². The largest absolute Gasteiger partial charge is 0.444 e. The molecule has 0 atom stereocenters. The number of amides is 3. The number of nitrogens with zero attached hydrogens (tertiary/aromatic N) is 1. The molecule has 126 valence electrons. The molecule has 3 amide bonds. The van der Waals surface area contributed by atoms with Gasteiger partial charge in [0.05, 0.1) is 17.7 Å². The number of carbonyl (C=O) groups excluding carboxylic acids is 3. The minimum absolute atomic E-state index is 0. The van der Waals surface area contributed by atoms with Gasteiger partial charge in [-0.3, -0.25) is 14.4 Å². The van der Waals surface area contributed by atoms with Crippen LogP contribution in [0.15, 0.2) is 24.3 Å². The number of alkyl carbamates (subject to hydrolysis) is 1. The lowest BCUT2D eigenvalue weighted by Crippen LogP contribution is -2.37. The van der Waals surface area contributed by atoms with Crippen molar-refractivity contribution in [1.82, 2.24) is 10.4 Å². The van der Waals surface area contributed by atoms with E-state index in [1.807, 2.05) is 0 Å². The summed E-state index contributed by atoms with van der Waals surface area (Å²) in [6.45, 7) is 5.35. The van der Waals surface area contributed by atoms with Crippen LogP contribution in [0, 0.1) is 0 Å². The number of hydrogen-bond acceptors (Lipinski definition) is 5. The Morgan fingerprint density at radius 2 is 1.65 bits per heavy atom. The van der Waals surface area contributed by atoms with E-state index in [9.17, 15) is 14.4 Å². The minimum Gasteiger partial charge on any atom is -0.444 e. The molecule has 7 nitrogen and oxygen atoms in total. The molecule has 23 heavy (non-hydrogen) atoms. The van der Waals surface area contributed by atoms with E-state index < -0.39 is 23.5 Å². The molecule has 1 N–H and O–H groups in total. The zero-order chi connectivity index (χ0) is 16.3. The quantitative estimate of drug-likeness (QED) is 0.679. The molecule has 0 aromatic heterocycles. The van der Waals surface area contributed by atoms with Crippen LogP contribution < -0.4 is 5.32 Å². The Morgan fingerprint density at radius 3 is 2.13 bits per heavy atom. The van der Waals surface area contributed by atoms with Gasteiger partial charge in [0, 0.05) is 6.54 Å². The molecule has 0 bridgehead atoms. The molecule has 0 radical (unpaired) electrons. The molecule has 2 rings (SSSR count). The van der Waals surface area contributed by atoms with Gasteiger partial charge in [-0.15, -0.1) is 5.06 Å². The lowest BCUT2D eigenvalue weighted by atomic mass is 10.1. The number of hydrogen-bond donors (Lipinski definition) is 1. The maximum atomic E-state index is 12.0. The van der Waals surface area contributed by atoms with E-state index in [4.69, 9.17) is 9.57 Å². The first-order chi connectivity index (χ1) is 10.3. The lowest BCUT2D eigenvalue weighted by Gasteiger charge is -2.20. The second kappa shape index (κ2) is 7.23. The van der Waals surface area contributed by atoms with E-state index in [0.717, 1.165) is 0 Å². The number of benzene rings is 1. The topological polar surface area (TPSA) is 84.9 Å². The molecule has 0 saturated carbocycles. The first-order valence-corrected chi connectivity index (χ1v) is 6.87. The summed E-state index contributed by atoms with van der Waals surface area (Å²) >= 11 is 0. The van der Waals surface area contributed by atoms with Gasteiger partial charge in [0.25, 0.3) is 11.8 Å². The van der Waals surface area contributed by atoms with Crippen LogP contribution in [0.5, 0.6) is 0 Å². The van der Waals surface area contributed by atoms with Crippen molar-refractivity contribution in [1.29, 1.82) is 0 Å². The zero-order valence-corrected chi connectivity index (χ0v) is 12.7. The fraction of sp³-hybridized carbons (Fsp3) is 0.438. The number of ether oxygens (including phenoxy) is 1. The van der Waals surface area contributed by atoms with Gasteiger partial charge in [-0.2, -0.15) is 0 Å². The molecule has 0 unspecified atom stereocenters. The van der Waals surface area contributed by atoms with Crippen LogP contribution in [0.3, 0.4) is 0 Å². The first kappa shape index (κ1) is 18.6. The van der Waals surface area contributed by atoms with Crippen molar-refractivity contribution in [2.45, 2.75) is 33.8 Å². The zero-order valence-electron chi connectivity index (χ0n) is 12.7. The van der Waals surface area contributed by atoms with Crippen molar-refractivity contribution >= 4 is 17.9 Å². The van der Waals surface area contributed by atoms with E-state index in [1.54, 1.807) is 45.0 Å². The van der Waals surface area contributed by atoms with E-state index in [1.165, 1.54) is 0 Å². The smallest absolute Gasteiger partial charge is 0.407 e. The third-order valence-electron chi connectivity index (χ3n) is 2.75. The van der Waals surface area contributed by atoms with Gasteiger partial charge in [0.15, 0.2) is 0 Å². The maximum absolute atomic E-state index is 12.0. The molecule has 1 aliphatic rings. The number of hydroxylamine groups is 2. The SMILES string of the molecule is C.CC(C)(C)OC(=O)NCCON1C(=O)c2ccccc2C1=O. The Morgan fingerprint density at radius 1 is 1.13 bits per heavy atom. The molecular formula is C16H22N2O5. The molecule has 1 heterocycles. The molecule has 1 aromatic carbocycles. The normalized spacial score (nSPS) is 13.4. The number of nitrogens with one attached hydrogen (secondary N) is 1. The van der Waals surface area contributed by atoms with Crippen molar-refractivity contribution in [3.05, 3.63) is 35.4 Å². The summed E-state index contributed by atoms with van der Waals surface area (Å²) in [5.74, 6) is -1.00. The molecule has 7 heteroatoms. The van der Waals surface area contributed by atoms with E-state index in [2.05, 4.69) is 5.32 Å². The van der Waals surface area contributed by atoms with Crippen LogP contribution in [0.4, 0.5) is 4.79 Å². The number of fused-ring (bicyclic) bond motifs is 1. The Hall–Kier alpha value is -2.41. The van der Waals surface area contributed by atoms with E-state index >= 15 is 0 Å². The Balaban J connectivity index is 0.00000264. The first-order valence-electron chi connectivity index (χ1n) is 6.87. The van der Waals surface area contributed by atoms with Gasteiger partial charge in [0.1, 0.15) is 5.60 Å². The fourth-order valence-electron chi connectivity index (χ4n) is 1.89. The number of imide groups is 1. The van der Waals surface area contributed by atoms with Crippen molar-refractivity contribution < 1.29 is 24.0 Å². The van der Waals surface area contributed by atoms with Crippen molar-refractivity contribution in [2.24, 2.45) is 0 Å². The van der Waals surface area contributed by atoms with E-state index in [-0.39, 0.29) is 20.6 Å². The fourth-order valence-corrected chi connectivity index (χ4v) is 1.89. The second-order valence-electron chi connectivity index (χ2n) is 5.71. The monoisotopic (exact) mass is 322 g/mol. The van der Waals surface area contributed by atoms with Gasteiger partial charge in [-0.1, -0.05) is 19.6 Å². The second-order valence-corrected chi connectivity index (χ2v) is 5.71. The molecule has 1 aromatic rings. The minimum atomic E-state index is -0.590. The maximum Gasteiger partial charge on any atom is 0.407 e. The highest BCUT2D eigenvalue weighted by Gasteiger charge is 2.36. The summed E-state index contributed by atoms with van der Waals surface area (Å²) in [4.78, 5) is 40.6. The third kappa shape index (κ3) is 4.53. The van der Waals surface area contributed by atoms with Crippen LogP contribution in [-0.2, 0) is 9.57 Å². The van der Waals surface area contributed by atoms with Gasteiger partial charge in [0.2, 0.25) is 0 Å². The summed E-state index contributed by atoms with van der Waals surface area (Å²) in [5.41, 5.74) is 0.0354. The van der Waals surface area contributed by atoms with Crippen LogP contribution in [-0.4, -0.2) is 41.7 Å².